The van der Waals surface area contributed by atoms with Crippen molar-refractivity contribution in [2.45, 2.75) is 33.0 Å². The van der Waals surface area contributed by atoms with Crippen molar-refractivity contribution in [2.75, 3.05) is 25.4 Å². The van der Waals surface area contributed by atoms with Gasteiger partial charge in [0.1, 0.15) is 0 Å². The van der Waals surface area contributed by atoms with Crippen LogP contribution in [0.15, 0.2) is 34.9 Å². The first-order chi connectivity index (χ1) is 13.7. The highest BCUT2D eigenvalue weighted by atomic mass is 79.9. The predicted molar refractivity (Wildman–Crippen MR) is 114 cm³/mol. The van der Waals surface area contributed by atoms with Crippen molar-refractivity contribution in [2.24, 2.45) is 0 Å². The van der Waals surface area contributed by atoms with Crippen molar-refractivity contribution in [3.8, 4) is 5.69 Å². The molecule has 0 spiro atoms. The molecule has 1 fully saturated rings. The van der Waals surface area contributed by atoms with Crippen LogP contribution in [0.3, 0.4) is 0 Å². The molecule has 10 heteroatoms. The summed E-state index contributed by atoms with van der Waals surface area (Å²) in [5.74, 6) is -0.497. The summed E-state index contributed by atoms with van der Waals surface area (Å²) in [6.07, 6.45) is 1.21. The minimum absolute atomic E-state index is 0.0319. The van der Waals surface area contributed by atoms with Crippen molar-refractivity contribution in [1.82, 2.24) is 19.4 Å². The Kier molecular flexibility index (Phi) is 6.77. The second-order valence-electron chi connectivity index (χ2n) is 7.18. The molecule has 2 unspecified atom stereocenters. The predicted octanol–water partition coefficient (Wildman–Crippen LogP) is 2.11. The Labute approximate surface area is 179 Å². The summed E-state index contributed by atoms with van der Waals surface area (Å²) in [4.78, 5) is 12.5. The molecule has 1 saturated heterocycles. The number of morpholine rings is 1. The maximum Gasteiger partial charge on any atom is 0.254 e. The van der Waals surface area contributed by atoms with Crippen molar-refractivity contribution >= 4 is 31.9 Å². The van der Waals surface area contributed by atoms with Crippen molar-refractivity contribution < 1.29 is 17.9 Å². The van der Waals surface area contributed by atoms with E-state index >= 15 is 0 Å². The fourth-order valence-electron chi connectivity index (χ4n) is 3.35. The molecule has 0 aliphatic carbocycles. The minimum Gasteiger partial charge on any atom is -0.373 e. The van der Waals surface area contributed by atoms with Gasteiger partial charge in [0.05, 0.1) is 41.1 Å². The summed E-state index contributed by atoms with van der Waals surface area (Å²) >= 11 is 3.39. The lowest BCUT2D eigenvalue weighted by Gasteiger charge is -2.34. The second kappa shape index (κ2) is 8.95. The van der Waals surface area contributed by atoms with E-state index in [4.69, 9.17) is 4.74 Å². The number of ether oxygens (including phenoxy) is 1. The Morgan fingerprint density at radius 1 is 1.24 bits per heavy atom. The largest absolute Gasteiger partial charge is 0.373 e. The number of carbonyl (C=O) groups is 1. The van der Waals surface area contributed by atoms with Crippen LogP contribution in [0.2, 0.25) is 0 Å². The summed E-state index contributed by atoms with van der Waals surface area (Å²) in [6.45, 7) is 6.21. The second-order valence-corrected chi connectivity index (χ2v) is 10.2. The molecule has 3 rings (SSSR count). The number of nitrogens with zero attached hydrogens (tertiary/aromatic N) is 3. The highest BCUT2D eigenvalue weighted by Crippen LogP contribution is 2.18. The third-order valence-electron chi connectivity index (χ3n) is 4.75. The molecule has 8 nitrogen and oxygen atoms in total. The SMILES string of the molecule is Cc1c(C(=O)NCCS(=O)(=O)N2CC(C)OC(C)C2)cnn1-c1ccc(Br)cc1. The third kappa shape index (κ3) is 5.25. The van der Waals surface area contributed by atoms with Gasteiger partial charge in [-0.05, 0) is 45.0 Å². The average molecular weight is 485 g/mol. The number of amides is 1. The maximum absolute atomic E-state index is 12.6. The van der Waals surface area contributed by atoms with Crippen LogP contribution in [-0.2, 0) is 14.8 Å². The van der Waals surface area contributed by atoms with Gasteiger partial charge in [0.15, 0.2) is 0 Å². The Hall–Kier alpha value is -1.75. The Bertz CT molecular complexity index is 965. The molecular formula is C19H25BrN4O4S. The number of rotatable bonds is 6. The van der Waals surface area contributed by atoms with Gasteiger partial charge < -0.3 is 10.1 Å². The van der Waals surface area contributed by atoms with Gasteiger partial charge in [-0.1, -0.05) is 15.9 Å². The molecular weight excluding hydrogens is 460 g/mol. The molecule has 0 bridgehead atoms. The Morgan fingerprint density at radius 3 is 2.48 bits per heavy atom. The number of benzene rings is 1. The van der Waals surface area contributed by atoms with Crippen LogP contribution in [0.5, 0.6) is 0 Å². The fourth-order valence-corrected chi connectivity index (χ4v) is 5.11. The number of hydrogen-bond donors (Lipinski definition) is 1. The average Bonchev–Trinajstić information content (AvgIpc) is 3.03. The first kappa shape index (κ1) is 21.9. The molecule has 1 aromatic heterocycles. The molecule has 29 heavy (non-hydrogen) atoms. The lowest BCUT2D eigenvalue weighted by Crippen LogP contribution is -2.49. The molecule has 1 amide bonds. The molecule has 2 heterocycles. The number of aromatic nitrogens is 2. The van der Waals surface area contributed by atoms with Crippen LogP contribution in [0.4, 0.5) is 0 Å². The van der Waals surface area contributed by atoms with Crippen LogP contribution >= 0.6 is 15.9 Å². The van der Waals surface area contributed by atoms with Crippen molar-refractivity contribution in [1.29, 1.82) is 0 Å². The van der Waals surface area contributed by atoms with Gasteiger partial charge in [0, 0.05) is 24.1 Å². The smallest absolute Gasteiger partial charge is 0.254 e. The van der Waals surface area contributed by atoms with E-state index in [0.29, 0.717) is 24.3 Å². The molecule has 0 radical (unpaired) electrons. The van der Waals surface area contributed by atoms with Gasteiger partial charge in [-0.2, -0.15) is 9.40 Å². The zero-order valence-corrected chi connectivity index (χ0v) is 19.0. The zero-order chi connectivity index (χ0) is 21.2. The standard InChI is InChI=1S/C19H25BrN4O4S/c1-13-11-23(12-14(2)28-13)29(26,27)9-8-21-19(25)18-10-22-24(15(18)3)17-6-4-16(20)5-7-17/h4-7,10,13-14H,8-9,11-12H2,1-3H3,(H,21,25). The van der Waals surface area contributed by atoms with E-state index in [0.717, 1.165) is 10.2 Å². The van der Waals surface area contributed by atoms with E-state index < -0.39 is 10.0 Å². The monoisotopic (exact) mass is 484 g/mol. The van der Waals surface area contributed by atoms with Gasteiger partial charge in [-0.25, -0.2) is 13.1 Å². The van der Waals surface area contributed by atoms with E-state index in [9.17, 15) is 13.2 Å². The molecule has 1 N–H and O–H groups in total. The molecule has 2 aromatic rings. The van der Waals surface area contributed by atoms with E-state index in [1.165, 1.54) is 10.5 Å². The molecule has 158 valence electrons. The van der Waals surface area contributed by atoms with Crippen LogP contribution in [-0.4, -0.2) is 66.0 Å². The van der Waals surface area contributed by atoms with Gasteiger partial charge in [0.25, 0.3) is 5.91 Å². The highest BCUT2D eigenvalue weighted by Gasteiger charge is 2.30. The van der Waals surface area contributed by atoms with Crippen molar-refractivity contribution in [3.63, 3.8) is 0 Å². The van der Waals surface area contributed by atoms with E-state index in [1.807, 2.05) is 38.1 Å². The molecule has 2 atom stereocenters. The van der Waals surface area contributed by atoms with Crippen LogP contribution < -0.4 is 5.32 Å². The van der Waals surface area contributed by atoms with Gasteiger partial charge in [-0.3, -0.25) is 4.79 Å². The minimum atomic E-state index is -3.47. The lowest BCUT2D eigenvalue weighted by atomic mass is 10.2. The quantitative estimate of drug-likeness (QED) is 0.677. The summed E-state index contributed by atoms with van der Waals surface area (Å²) in [6, 6.07) is 7.58. The zero-order valence-electron chi connectivity index (χ0n) is 16.6. The first-order valence-corrected chi connectivity index (χ1v) is 11.8. The molecule has 1 aromatic carbocycles. The Balaban J connectivity index is 1.60. The fraction of sp³-hybridized carbons (Fsp3) is 0.474. The number of carbonyl (C=O) groups excluding carboxylic acids is 1. The molecule has 1 aliphatic heterocycles. The highest BCUT2D eigenvalue weighted by molar-refractivity contribution is 9.10. The van der Waals surface area contributed by atoms with E-state index in [2.05, 4.69) is 26.3 Å². The number of halogens is 1. The van der Waals surface area contributed by atoms with Gasteiger partial charge in [0.2, 0.25) is 10.0 Å². The molecule has 0 saturated carbocycles. The van der Waals surface area contributed by atoms with E-state index in [-0.39, 0.29) is 30.4 Å². The van der Waals surface area contributed by atoms with Gasteiger partial charge >= 0.3 is 0 Å². The summed E-state index contributed by atoms with van der Waals surface area (Å²) < 4.78 is 34.8. The van der Waals surface area contributed by atoms with Gasteiger partial charge in [-0.15, -0.1) is 0 Å². The maximum atomic E-state index is 12.6. The third-order valence-corrected chi connectivity index (χ3v) is 7.08. The summed E-state index contributed by atoms with van der Waals surface area (Å²) in [5, 5.41) is 6.98. The number of hydrogen-bond acceptors (Lipinski definition) is 5. The normalized spacial score (nSPS) is 20.6. The van der Waals surface area contributed by atoms with E-state index in [1.54, 1.807) is 11.6 Å². The first-order valence-electron chi connectivity index (χ1n) is 9.39. The lowest BCUT2D eigenvalue weighted by molar-refractivity contribution is -0.0440. The number of nitrogens with one attached hydrogen (secondary N) is 1. The number of sulfonamides is 1. The van der Waals surface area contributed by atoms with Crippen LogP contribution in [0, 0.1) is 6.92 Å². The topological polar surface area (TPSA) is 93.5 Å². The summed E-state index contributed by atoms with van der Waals surface area (Å²) in [5.41, 5.74) is 1.94. The van der Waals surface area contributed by atoms with Crippen molar-refractivity contribution in [3.05, 3.63) is 46.2 Å². The molecule has 1 aliphatic rings. The van der Waals surface area contributed by atoms with Crippen LogP contribution in [0.25, 0.3) is 5.69 Å². The van der Waals surface area contributed by atoms with Crippen LogP contribution in [0.1, 0.15) is 29.9 Å². The summed E-state index contributed by atoms with van der Waals surface area (Å²) in [7, 11) is -3.47. The Morgan fingerprint density at radius 2 is 1.86 bits per heavy atom.